The van der Waals surface area contributed by atoms with E-state index in [1.807, 2.05) is 0 Å². The van der Waals surface area contributed by atoms with Crippen LogP contribution in [0.5, 0.6) is 11.5 Å². The number of hydrogen-bond donors (Lipinski definition) is 0. The van der Waals surface area contributed by atoms with Crippen molar-refractivity contribution in [3.8, 4) is 22.6 Å². The molecule has 0 unspecified atom stereocenters. The highest BCUT2D eigenvalue weighted by Gasteiger charge is 2.55. The molecule has 2 aromatic carbocycles. The van der Waals surface area contributed by atoms with Crippen molar-refractivity contribution in [3.05, 3.63) is 72.8 Å². The number of esters is 8. The average molecular weight is 927 g/mol. The summed E-state index contributed by atoms with van der Waals surface area (Å²) < 4.78 is 69.6. The van der Waals surface area contributed by atoms with Gasteiger partial charge < -0.3 is 56.8 Å². The Morgan fingerprint density at radius 1 is 0.455 bits per heavy atom. The van der Waals surface area contributed by atoms with Crippen LogP contribution in [-0.2, 0) is 98.6 Å². The Hall–Kier alpha value is -6.80. The lowest BCUT2D eigenvalue weighted by Gasteiger charge is -2.44. The topological polar surface area (TPSA) is 247 Å². The van der Waals surface area contributed by atoms with Crippen LogP contribution in [0.2, 0.25) is 0 Å². The summed E-state index contributed by atoms with van der Waals surface area (Å²) in [6.07, 6.45) is -11.1. The summed E-state index contributed by atoms with van der Waals surface area (Å²) in [4.78, 5) is 99.0. The molecule has 2 saturated heterocycles. The highest BCUT2D eigenvalue weighted by Crippen LogP contribution is 2.42. The Morgan fingerprint density at radius 2 is 0.758 bits per heavy atom. The first kappa shape index (κ1) is 51.8. The molecule has 0 bridgehead atoms. The highest BCUT2D eigenvalue weighted by atomic mass is 16.7. The van der Waals surface area contributed by atoms with Gasteiger partial charge in [-0.05, 0) is 48.2 Å². The predicted octanol–water partition coefficient (Wildman–Crippen LogP) is 3.73. The van der Waals surface area contributed by atoms with E-state index in [4.69, 9.17) is 56.8 Å². The van der Waals surface area contributed by atoms with E-state index in [1.165, 1.54) is 0 Å². The number of hydrogen-bond acceptors (Lipinski definition) is 20. The van der Waals surface area contributed by atoms with Gasteiger partial charge in [0.15, 0.2) is 24.4 Å². The minimum Gasteiger partial charge on any atom is -0.463 e. The van der Waals surface area contributed by atoms with E-state index in [0.29, 0.717) is 35.1 Å². The van der Waals surface area contributed by atoms with Crippen molar-refractivity contribution < 1.29 is 95.2 Å². The van der Waals surface area contributed by atoms with Crippen LogP contribution in [0.4, 0.5) is 0 Å². The minimum atomic E-state index is -1.64. The second-order valence-corrected chi connectivity index (χ2v) is 15.0. The molecule has 66 heavy (non-hydrogen) atoms. The molecule has 20 heteroatoms. The fourth-order valence-corrected chi connectivity index (χ4v) is 7.19. The molecule has 20 nitrogen and oxygen atoms in total. The van der Waals surface area contributed by atoms with Gasteiger partial charge in [0, 0.05) is 66.5 Å². The van der Waals surface area contributed by atoms with Crippen molar-refractivity contribution in [1.82, 2.24) is 0 Å². The molecule has 10 atom stereocenters. The van der Waals surface area contributed by atoms with Crippen LogP contribution in [0.3, 0.4) is 0 Å². The zero-order chi connectivity index (χ0) is 48.8. The van der Waals surface area contributed by atoms with Crippen molar-refractivity contribution in [2.24, 2.45) is 0 Å². The molecule has 0 aromatic heterocycles. The monoisotopic (exact) mass is 926 g/mol. The van der Waals surface area contributed by atoms with Crippen molar-refractivity contribution in [1.29, 1.82) is 0 Å². The van der Waals surface area contributed by atoms with Gasteiger partial charge in [0.2, 0.25) is 24.8 Å². The van der Waals surface area contributed by atoms with E-state index >= 15 is 0 Å². The van der Waals surface area contributed by atoms with Crippen LogP contribution in [-0.4, -0.2) is 122 Å². The average Bonchev–Trinajstić information content (AvgIpc) is 3.21. The SMILES string of the molecule is C=CCc1ccc(O[C@@H]2O[C@H](COC(C)=O)[C@@H](OC(C)=O)[C@H](OC(C)=O)[C@H]2OC(C)=O)c(-c2cc(CC=C)ccc2O[C@@H]2O[C@H](COC(C)=O)[C@@H](OC(C)=O)[C@H](OC(C)=O)[C@H]2OC(C)=O)c1. The molecule has 2 aliphatic heterocycles. The third kappa shape index (κ3) is 14.6. The van der Waals surface area contributed by atoms with E-state index in [2.05, 4.69) is 13.2 Å². The molecule has 0 N–H and O–H groups in total. The summed E-state index contributed by atoms with van der Waals surface area (Å²) in [5, 5.41) is 0. The number of allylic oxidation sites excluding steroid dienone is 2. The summed E-state index contributed by atoms with van der Waals surface area (Å²) in [6, 6.07) is 10.0. The number of ether oxygens (including phenoxy) is 12. The molecule has 2 aliphatic rings. The Balaban J connectivity index is 1.95. The third-order valence-corrected chi connectivity index (χ3v) is 9.52. The molecular weight excluding hydrogens is 872 g/mol. The van der Waals surface area contributed by atoms with Gasteiger partial charge in [-0.25, -0.2) is 0 Å². The van der Waals surface area contributed by atoms with E-state index in [-0.39, 0.29) is 11.5 Å². The van der Waals surface area contributed by atoms with Crippen molar-refractivity contribution in [2.75, 3.05) is 13.2 Å². The molecule has 4 rings (SSSR count). The van der Waals surface area contributed by atoms with Gasteiger partial charge in [0.25, 0.3) is 0 Å². The molecule has 2 heterocycles. The van der Waals surface area contributed by atoms with Crippen LogP contribution in [0.1, 0.15) is 66.5 Å². The second kappa shape index (κ2) is 23.9. The van der Waals surface area contributed by atoms with Crippen molar-refractivity contribution >= 4 is 47.8 Å². The molecule has 0 aliphatic carbocycles. The van der Waals surface area contributed by atoms with Gasteiger partial charge in [-0.15, -0.1) is 13.2 Å². The fourth-order valence-electron chi connectivity index (χ4n) is 7.19. The van der Waals surface area contributed by atoms with Crippen LogP contribution in [0.25, 0.3) is 11.1 Å². The van der Waals surface area contributed by atoms with Crippen LogP contribution in [0.15, 0.2) is 61.7 Å². The molecule has 0 radical (unpaired) electrons. The molecular formula is C46H54O20. The van der Waals surface area contributed by atoms with Crippen LogP contribution >= 0.6 is 0 Å². The first-order valence-electron chi connectivity index (χ1n) is 20.6. The quantitative estimate of drug-likeness (QED) is 0.111. The zero-order valence-electron chi connectivity index (χ0n) is 37.8. The number of carbonyl (C=O) groups is 8. The Labute approximate surface area is 380 Å². The van der Waals surface area contributed by atoms with Gasteiger partial charge in [-0.1, -0.05) is 24.3 Å². The zero-order valence-corrected chi connectivity index (χ0v) is 37.8. The van der Waals surface area contributed by atoms with E-state index in [1.54, 1.807) is 48.6 Å². The Kier molecular flexibility index (Phi) is 18.8. The molecule has 0 spiro atoms. The van der Waals surface area contributed by atoms with Gasteiger partial charge in [-0.3, -0.25) is 38.4 Å². The summed E-state index contributed by atoms with van der Waals surface area (Å²) in [5.74, 6) is -6.38. The standard InChI is InChI=1S/C46H54O20/c1-11-13-31-15-17-35(63-45-43(61-29(9)53)41(59-27(7)51)39(57-25(5)49)37(65-45)21-55-23(3)47)33(19-31)34-20-32(14-12-2)16-18-36(34)64-46-44(62-30(10)54)42(60-28(8)52)40(58-26(6)50)38(66-46)22-56-24(4)48/h11-12,15-20,37-46H,1-2,13-14,21-22H2,3-10H3/t37-,38-,39-,40-,41+,42+,43-,44-,45-,46-/m1/s1. The Morgan fingerprint density at radius 3 is 1.05 bits per heavy atom. The molecule has 358 valence electrons. The summed E-state index contributed by atoms with van der Waals surface area (Å²) in [6.45, 7) is 15.5. The smallest absolute Gasteiger partial charge is 0.303 e. The normalized spacial score (nSPS) is 24.5. The van der Waals surface area contributed by atoms with Gasteiger partial charge in [0.1, 0.15) is 36.9 Å². The van der Waals surface area contributed by atoms with Gasteiger partial charge in [-0.2, -0.15) is 0 Å². The molecule has 2 fully saturated rings. The third-order valence-electron chi connectivity index (χ3n) is 9.52. The summed E-state index contributed by atoms with van der Waals surface area (Å²) in [5.41, 5.74) is 2.02. The number of benzene rings is 2. The van der Waals surface area contributed by atoms with Gasteiger partial charge in [0.05, 0.1) is 0 Å². The fraction of sp³-hybridized carbons (Fsp3) is 0.478. The predicted molar refractivity (Wildman–Crippen MR) is 225 cm³/mol. The second-order valence-electron chi connectivity index (χ2n) is 15.0. The lowest BCUT2D eigenvalue weighted by Crippen LogP contribution is -2.63. The summed E-state index contributed by atoms with van der Waals surface area (Å²) >= 11 is 0. The Bertz CT molecular complexity index is 2000. The van der Waals surface area contributed by atoms with Crippen LogP contribution < -0.4 is 9.47 Å². The number of carbonyl (C=O) groups excluding carboxylic acids is 8. The first-order valence-corrected chi connectivity index (χ1v) is 20.6. The first-order chi connectivity index (χ1) is 31.2. The summed E-state index contributed by atoms with van der Waals surface area (Å²) in [7, 11) is 0. The van der Waals surface area contributed by atoms with E-state index < -0.39 is 122 Å². The number of rotatable bonds is 19. The van der Waals surface area contributed by atoms with Gasteiger partial charge >= 0.3 is 47.8 Å². The lowest BCUT2D eigenvalue weighted by molar-refractivity contribution is -0.288. The maximum absolute atomic E-state index is 12.6. The maximum atomic E-state index is 12.6. The van der Waals surface area contributed by atoms with Crippen LogP contribution in [0, 0.1) is 0 Å². The van der Waals surface area contributed by atoms with Crippen molar-refractivity contribution in [3.63, 3.8) is 0 Å². The molecule has 2 aromatic rings. The largest absolute Gasteiger partial charge is 0.463 e. The van der Waals surface area contributed by atoms with Crippen molar-refractivity contribution in [2.45, 2.75) is 130 Å². The molecule has 0 amide bonds. The maximum Gasteiger partial charge on any atom is 0.303 e. The highest BCUT2D eigenvalue weighted by molar-refractivity contribution is 5.78. The van der Waals surface area contributed by atoms with E-state index in [0.717, 1.165) is 55.4 Å². The lowest BCUT2D eigenvalue weighted by atomic mass is 9.96. The molecule has 0 saturated carbocycles. The van der Waals surface area contributed by atoms with E-state index in [9.17, 15) is 38.4 Å². The minimum absolute atomic E-state index is 0.0471.